The zero-order valence-corrected chi connectivity index (χ0v) is 11.9. The first kappa shape index (κ1) is 13.1. The maximum atomic E-state index is 6.00. The lowest BCUT2D eigenvalue weighted by Gasteiger charge is -2.08. The molecule has 100 valence electrons. The van der Waals surface area contributed by atoms with Crippen LogP contribution in [0.5, 0.6) is 0 Å². The van der Waals surface area contributed by atoms with Crippen LogP contribution in [0.25, 0.3) is 11.0 Å². The Morgan fingerprint density at radius 2 is 1.90 bits per heavy atom. The Bertz CT molecular complexity index is 756. The lowest BCUT2D eigenvalue weighted by Crippen LogP contribution is -2.03. The maximum absolute atomic E-state index is 6.00. The number of nitrogens with one attached hydrogen (secondary N) is 1. The summed E-state index contributed by atoms with van der Waals surface area (Å²) in [7, 11) is 0. The monoisotopic (exact) mass is 304 g/mol. The molecule has 20 heavy (non-hydrogen) atoms. The summed E-state index contributed by atoms with van der Waals surface area (Å²) < 4.78 is 0. The van der Waals surface area contributed by atoms with Crippen molar-refractivity contribution in [2.24, 2.45) is 0 Å². The second-order valence-electron chi connectivity index (χ2n) is 4.20. The van der Waals surface area contributed by atoms with E-state index in [9.17, 15) is 0 Å². The number of fused-ring (bicyclic) bond motifs is 1. The van der Waals surface area contributed by atoms with Gasteiger partial charge in [-0.05, 0) is 29.8 Å². The van der Waals surface area contributed by atoms with Crippen LogP contribution in [-0.2, 0) is 6.54 Å². The summed E-state index contributed by atoms with van der Waals surface area (Å²) in [6, 6.07) is 9.32. The fraction of sp³-hybridized carbons (Fsp3) is 0.0714. The Kier molecular flexibility index (Phi) is 3.67. The van der Waals surface area contributed by atoms with Crippen molar-refractivity contribution < 1.29 is 0 Å². The number of benzene rings is 1. The van der Waals surface area contributed by atoms with Gasteiger partial charge < -0.3 is 5.32 Å². The van der Waals surface area contributed by atoms with Gasteiger partial charge in [-0.3, -0.25) is 0 Å². The molecule has 1 N–H and O–H groups in total. The zero-order valence-electron chi connectivity index (χ0n) is 10.3. The molecule has 4 nitrogen and oxygen atoms in total. The molecule has 2 heterocycles. The molecule has 0 bridgehead atoms. The van der Waals surface area contributed by atoms with E-state index in [0.29, 0.717) is 22.2 Å². The molecule has 0 spiro atoms. The fourth-order valence-corrected chi connectivity index (χ4v) is 2.19. The van der Waals surface area contributed by atoms with Gasteiger partial charge in [0.15, 0.2) is 5.65 Å². The third-order valence-corrected chi connectivity index (χ3v) is 3.59. The number of pyridine rings is 1. The van der Waals surface area contributed by atoms with E-state index in [1.807, 2.05) is 24.3 Å². The van der Waals surface area contributed by atoms with Crippen LogP contribution >= 0.6 is 23.2 Å². The van der Waals surface area contributed by atoms with Crippen molar-refractivity contribution in [3.05, 3.63) is 58.5 Å². The molecule has 0 saturated heterocycles. The van der Waals surface area contributed by atoms with Crippen molar-refractivity contribution >= 4 is 40.1 Å². The predicted molar refractivity (Wildman–Crippen MR) is 81.1 cm³/mol. The average Bonchev–Trinajstić information content (AvgIpc) is 2.48. The van der Waals surface area contributed by atoms with Gasteiger partial charge in [-0.2, -0.15) is 0 Å². The van der Waals surface area contributed by atoms with E-state index in [1.54, 1.807) is 12.3 Å². The van der Waals surface area contributed by atoms with E-state index in [0.717, 1.165) is 16.8 Å². The van der Waals surface area contributed by atoms with Crippen molar-refractivity contribution in [1.82, 2.24) is 15.0 Å². The summed E-state index contributed by atoms with van der Waals surface area (Å²) in [5.74, 6) is 0.745. The lowest BCUT2D eigenvalue weighted by molar-refractivity contribution is 1.09. The van der Waals surface area contributed by atoms with E-state index in [-0.39, 0.29) is 0 Å². The van der Waals surface area contributed by atoms with Crippen LogP contribution in [0.4, 0.5) is 5.82 Å². The molecular weight excluding hydrogens is 295 g/mol. The topological polar surface area (TPSA) is 50.7 Å². The first-order valence-corrected chi connectivity index (χ1v) is 6.73. The molecule has 0 unspecified atom stereocenters. The highest BCUT2D eigenvalue weighted by atomic mass is 35.5. The Labute approximate surface area is 125 Å². The quantitative estimate of drug-likeness (QED) is 0.796. The zero-order chi connectivity index (χ0) is 13.9. The Balaban J connectivity index is 1.85. The van der Waals surface area contributed by atoms with Crippen LogP contribution in [0.3, 0.4) is 0 Å². The molecule has 3 rings (SSSR count). The Morgan fingerprint density at radius 3 is 2.75 bits per heavy atom. The van der Waals surface area contributed by atoms with E-state index >= 15 is 0 Å². The van der Waals surface area contributed by atoms with Crippen LogP contribution in [0.1, 0.15) is 5.56 Å². The number of aromatic nitrogens is 3. The van der Waals surface area contributed by atoms with Gasteiger partial charge in [0, 0.05) is 12.7 Å². The molecule has 0 amide bonds. The first-order chi connectivity index (χ1) is 9.74. The molecule has 0 aliphatic heterocycles. The molecule has 3 aromatic rings. The second-order valence-corrected chi connectivity index (χ2v) is 5.01. The largest absolute Gasteiger partial charge is 0.365 e. The molecule has 1 aromatic carbocycles. The Morgan fingerprint density at radius 1 is 1.00 bits per heavy atom. The van der Waals surface area contributed by atoms with E-state index in [2.05, 4.69) is 20.3 Å². The average molecular weight is 305 g/mol. The first-order valence-electron chi connectivity index (χ1n) is 5.97. The van der Waals surface area contributed by atoms with Gasteiger partial charge in [-0.1, -0.05) is 29.3 Å². The van der Waals surface area contributed by atoms with Gasteiger partial charge in [0.1, 0.15) is 12.1 Å². The van der Waals surface area contributed by atoms with Crippen molar-refractivity contribution in [2.45, 2.75) is 6.54 Å². The van der Waals surface area contributed by atoms with Gasteiger partial charge >= 0.3 is 0 Å². The number of halogens is 2. The molecule has 0 fully saturated rings. The summed E-state index contributed by atoms with van der Waals surface area (Å²) in [6.45, 7) is 0.595. The Hall–Kier alpha value is -1.91. The number of nitrogens with zero attached hydrogens (tertiary/aromatic N) is 3. The van der Waals surface area contributed by atoms with Crippen molar-refractivity contribution in [3.8, 4) is 0 Å². The van der Waals surface area contributed by atoms with Crippen LogP contribution < -0.4 is 5.32 Å². The third-order valence-electron chi connectivity index (χ3n) is 2.85. The highest BCUT2D eigenvalue weighted by Gasteiger charge is 2.04. The summed E-state index contributed by atoms with van der Waals surface area (Å²) >= 11 is 11.9. The smallest absolute Gasteiger partial charge is 0.164 e. The molecule has 6 heteroatoms. The molecule has 0 saturated carbocycles. The SMILES string of the molecule is Clc1ccc(CNc2ncnc3ncccc23)cc1Cl. The van der Waals surface area contributed by atoms with Gasteiger partial charge in [-0.25, -0.2) is 15.0 Å². The standard InChI is InChI=1S/C14H10Cl2N4/c15-11-4-3-9(6-12(11)16)7-18-14-10-2-1-5-17-13(10)19-8-20-14/h1-6,8H,7H2,(H,17,18,19,20). The van der Waals surface area contributed by atoms with Gasteiger partial charge in [0.05, 0.1) is 15.4 Å². The summed E-state index contributed by atoms with van der Waals surface area (Å²) in [6.07, 6.45) is 3.20. The number of hydrogen-bond donors (Lipinski definition) is 1. The van der Waals surface area contributed by atoms with Crippen molar-refractivity contribution in [1.29, 1.82) is 0 Å². The predicted octanol–water partition coefficient (Wildman–Crippen LogP) is 3.94. The lowest BCUT2D eigenvalue weighted by atomic mass is 10.2. The number of anilines is 1. The van der Waals surface area contributed by atoms with Crippen molar-refractivity contribution in [3.63, 3.8) is 0 Å². The van der Waals surface area contributed by atoms with Gasteiger partial charge in [0.25, 0.3) is 0 Å². The third kappa shape index (κ3) is 2.66. The fourth-order valence-electron chi connectivity index (χ4n) is 1.87. The van der Waals surface area contributed by atoms with Crippen LogP contribution in [0, 0.1) is 0 Å². The molecule has 2 aromatic heterocycles. The van der Waals surface area contributed by atoms with E-state index < -0.39 is 0 Å². The van der Waals surface area contributed by atoms with Crippen LogP contribution in [-0.4, -0.2) is 15.0 Å². The molecule has 0 aliphatic rings. The minimum absolute atomic E-state index is 0.542. The van der Waals surface area contributed by atoms with Crippen LogP contribution in [0.15, 0.2) is 42.9 Å². The highest BCUT2D eigenvalue weighted by Crippen LogP contribution is 2.23. The molecular formula is C14H10Cl2N4. The van der Waals surface area contributed by atoms with Crippen LogP contribution in [0.2, 0.25) is 10.0 Å². The number of rotatable bonds is 3. The molecule has 0 aliphatic carbocycles. The van der Waals surface area contributed by atoms with Gasteiger partial charge in [-0.15, -0.1) is 0 Å². The van der Waals surface area contributed by atoms with E-state index in [1.165, 1.54) is 6.33 Å². The maximum Gasteiger partial charge on any atom is 0.164 e. The number of hydrogen-bond acceptors (Lipinski definition) is 4. The summed E-state index contributed by atoms with van der Waals surface area (Å²) in [5.41, 5.74) is 1.69. The minimum atomic E-state index is 0.542. The molecule has 0 radical (unpaired) electrons. The van der Waals surface area contributed by atoms with Gasteiger partial charge in [0.2, 0.25) is 0 Å². The minimum Gasteiger partial charge on any atom is -0.365 e. The van der Waals surface area contributed by atoms with E-state index in [4.69, 9.17) is 23.2 Å². The highest BCUT2D eigenvalue weighted by molar-refractivity contribution is 6.42. The summed E-state index contributed by atoms with van der Waals surface area (Å²) in [4.78, 5) is 12.6. The van der Waals surface area contributed by atoms with Crippen molar-refractivity contribution in [2.75, 3.05) is 5.32 Å². The second kappa shape index (κ2) is 5.61. The molecule has 0 atom stereocenters. The normalized spacial score (nSPS) is 10.7. The summed E-state index contributed by atoms with van der Waals surface area (Å²) in [5, 5.41) is 5.23.